The molecule has 1 heterocycles. The van der Waals surface area contributed by atoms with E-state index < -0.39 is 0 Å². The molecule has 104 valence electrons. The highest BCUT2D eigenvalue weighted by molar-refractivity contribution is 5.39. The molecule has 1 unspecified atom stereocenters. The van der Waals surface area contributed by atoms with Gasteiger partial charge in [0.1, 0.15) is 5.82 Å². The van der Waals surface area contributed by atoms with E-state index >= 15 is 0 Å². The number of pyridine rings is 1. The van der Waals surface area contributed by atoms with Gasteiger partial charge in [-0.25, -0.2) is 4.98 Å². The molecule has 1 aromatic rings. The van der Waals surface area contributed by atoms with Crippen molar-refractivity contribution in [1.29, 1.82) is 5.26 Å². The summed E-state index contributed by atoms with van der Waals surface area (Å²) >= 11 is 0. The molecule has 0 aliphatic rings. The van der Waals surface area contributed by atoms with Crippen LogP contribution in [0.4, 0.5) is 5.82 Å². The molecule has 1 rings (SSSR count). The second-order valence-electron chi connectivity index (χ2n) is 4.35. The van der Waals surface area contributed by atoms with Crippen LogP contribution in [0.15, 0.2) is 18.3 Å². The van der Waals surface area contributed by atoms with E-state index in [1.807, 2.05) is 19.3 Å². The van der Waals surface area contributed by atoms with Crippen LogP contribution in [0.3, 0.4) is 0 Å². The zero-order valence-corrected chi connectivity index (χ0v) is 11.9. The van der Waals surface area contributed by atoms with E-state index in [0.717, 1.165) is 17.9 Å². The maximum absolute atomic E-state index is 8.70. The minimum Gasteiger partial charge on any atom is -0.383 e. The van der Waals surface area contributed by atoms with Gasteiger partial charge in [0, 0.05) is 32.4 Å². The Morgan fingerprint density at radius 1 is 1.47 bits per heavy atom. The number of rotatable bonds is 8. The van der Waals surface area contributed by atoms with Gasteiger partial charge in [-0.3, -0.25) is 0 Å². The smallest absolute Gasteiger partial charge is 0.128 e. The molecular weight excluding hydrogens is 240 g/mol. The van der Waals surface area contributed by atoms with Crippen LogP contribution in [0, 0.1) is 11.3 Å². The van der Waals surface area contributed by atoms with Crippen molar-refractivity contribution in [2.75, 3.05) is 38.8 Å². The van der Waals surface area contributed by atoms with E-state index in [2.05, 4.69) is 34.3 Å². The third-order valence-electron chi connectivity index (χ3n) is 3.09. The Labute approximate surface area is 115 Å². The molecule has 1 atom stereocenters. The summed E-state index contributed by atoms with van der Waals surface area (Å²) < 4.78 is 5.09. The lowest BCUT2D eigenvalue weighted by Crippen LogP contribution is -2.29. The average Bonchev–Trinajstić information content (AvgIpc) is 2.47. The quantitative estimate of drug-likeness (QED) is 0.773. The van der Waals surface area contributed by atoms with Crippen molar-refractivity contribution in [3.05, 3.63) is 23.9 Å². The molecule has 0 aliphatic heterocycles. The molecule has 0 saturated heterocycles. The maximum Gasteiger partial charge on any atom is 0.128 e. The van der Waals surface area contributed by atoms with Crippen LogP contribution in [0.2, 0.25) is 0 Å². The Morgan fingerprint density at radius 2 is 2.26 bits per heavy atom. The summed E-state index contributed by atoms with van der Waals surface area (Å²) in [5.41, 5.74) is 1.15. The first-order valence-electron chi connectivity index (χ1n) is 6.47. The van der Waals surface area contributed by atoms with E-state index in [0.29, 0.717) is 19.6 Å². The minimum absolute atomic E-state index is 0.285. The van der Waals surface area contributed by atoms with Crippen LogP contribution >= 0.6 is 0 Å². The maximum atomic E-state index is 8.70. The Hall–Kier alpha value is -1.64. The summed E-state index contributed by atoms with van der Waals surface area (Å²) in [6, 6.07) is 6.51. The Balaban J connectivity index is 2.75. The number of methoxy groups -OCH3 is 1. The van der Waals surface area contributed by atoms with E-state index in [-0.39, 0.29) is 6.04 Å². The molecule has 19 heavy (non-hydrogen) atoms. The predicted molar refractivity (Wildman–Crippen MR) is 76.0 cm³/mol. The Kier molecular flexibility index (Phi) is 6.86. The summed E-state index contributed by atoms with van der Waals surface area (Å²) in [4.78, 5) is 6.54. The highest BCUT2D eigenvalue weighted by Crippen LogP contribution is 2.16. The Morgan fingerprint density at radius 3 is 2.79 bits per heavy atom. The number of nitriles is 1. The number of hydrogen-bond donors (Lipinski definition) is 1. The molecule has 0 bridgehead atoms. The number of nitrogens with zero attached hydrogens (tertiary/aromatic N) is 3. The van der Waals surface area contributed by atoms with Gasteiger partial charge >= 0.3 is 0 Å². The lowest BCUT2D eigenvalue weighted by molar-refractivity contribution is 0.205. The fraction of sp³-hybridized carbons (Fsp3) is 0.571. The standard InChI is InChI=1S/C14H22N4O/c1-12(16-2)13-5-6-14(17-11-13)18(8-4-7-15)9-10-19-3/h5-6,11-12,16H,4,8-10H2,1-3H3. The van der Waals surface area contributed by atoms with Crippen molar-refractivity contribution >= 4 is 5.82 Å². The van der Waals surface area contributed by atoms with Crippen molar-refractivity contribution in [2.45, 2.75) is 19.4 Å². The summed E-state index contributed by atoms with van der Waals surface area (Å²) in [7, 11) is 3.60. The predicted octanol–water partition coefficient (Wildman–Crippen LogP) is 1.73. The number of ether oxygens (including phenoxy) is 1. The zero-order valence-electron chi connectivity index (χ0n) is 11.9. The third kappa shape index (κ3) is 4.86. The summed E-state index contributed by atoms with van der Waals surface area (Å²) in [6.45, 7) is 4.14. The topological polar surface area (TPSA) is 61.2 Å². The van der Waals surface area contributed by atoms with E-state index in [9.17, 15) is 0 Å². The van der Waals surface area contributed by atoms with Crippen LogP contribution in [-0.2, 0) is 4.74 Å². The van der Waals surface area contributed by atoms with Crippen molar-refractivity contribution in [3.8, 4) is 6.07 Å². The van der Waals surface area contributed by atoms with Crippen molar-refractivity contribution in [1.82, 2.24) is 10.3 Å². The first-order chi connectivity index (χ1) is 9.22. The van der Waals surface area contributed by atoms with Gasteiger partial charge in [0.2, 0.25) is 0 Å². The van der Waals surface area contributed by atoms with Gasteiger partial charge < -0.3 is 15.0 Å². The molecule has 0 fully saturated rings. The molecule has 0 spiro atoms. The second-order valence-corrected chi connectivity index (χ2v) is 4.35. The summed E-state index contributed by atoms with van der Waals surface area (Å²) in [6.07, 6.45) is 2.36. The zero-order chi connectivity index (χ0) is 14.1. The lowest BCUT2D eigenvalue weighted by atomic mass is 10.1. The van der Waals surface area contributed by atoms with Gasteiger partial charge in [-0.05, 0) is 25.6 Å². The lowest BCUT2D eigenvalue weighted by Gasteiger charge is -2.22. The van der Waals surface area contributed by atoms with Gasteiger partial charge in [0.25, 0.3) is 0 Å². The fourth-order valence-electron chi connectivity index (χ4n) is 1.73. The molecule has 1 N–H and O–H groups in total. The largest absolute Gasteiger partial charge is 0.383 e. The van der Waals surface area contributed by atoms with Crippen LogP contribution < -0.4 is 10.2 Å². The van der Waals surface area contributed by atoms with E-state index in [1.54, 1.807) is 7.11 Å². The SMILES string of the molecule is CNC(C)c1ccc(N(CCC#N)CCOC)nc1. The third-order valence-corrected chi connectivity index (χ3v) is 3.09. The Bertz CT molecular complexity index is 399. The number of aromatic nitrogens is 1. The molecule has 1 aromatic heterocycles. The second kappa shape index (κ2) is 8.46. The highest BCUT2D eigenvalue weighted by Gasteiger charge is 2.09. The molecule has 5 heteroatoms. The van der Waals surface area contributed by atoms with Gasteiger partial charge in [-0.2, -0.15) is 5.26 Å². The molecule has 0 aromatic carbocycles. The van der Waals surface area contributed by atoms with Crippen LogP contribution in [0.1, 0.15) is 24.9 Å². The fourth-order valence-corrected chi connectivity index (χ4v) is 1.73. The molecule has 0 radical (unpaired) electrons. The highest BCUT2D eigenvalue weighted by atomic mass is 16.5. The summed E-state index contributed by atoms with van der Waals surface area (Å²) in [5, 5.41) is 11.9. The van der Waals surface area contributed by atoms with Crippen LogP contribution in [0.25, 0.3) is 0 Å². The average molecular weight is 262 g/mol. The first-order valence-corrected chi connectivity index (χ1v) is 6.47. The van der Waals surface area contributed by atoms with Crippen molar-refractivity contribution in [3.63, 3.8) is 0 Å². The number of hydrogen-bond acceptors (Lipinski definition) is 5. The van der Waals surface area contributed by atoms with E-state index in [1.165, 1.54) is 0 Å². The van der Waals surface area contributed by atoms with Crippen LogP contribution in [0.5, 0.6) is 0 Å². The van der Waals surface area contributed by atoms with Crippen molar-refractivity contribution in [2.24, 2.45) is 0 Å². The molecular formula is C14H22N4O. The molecule has 0 amide bonds. The first kappa shape index (κ1) is 15.4. The van der Waals surface area contributed by atoms with Crippen molar-refractivity contribution < 1.29 is 4.74 Å². The minimum atomic E-state index is 0.285. The normalized spacial score (nSPS) is 11.9. The van der Waals surface area contributed by atoms with Gasteiger partial charge in [0.15, 0.2) is 0 Å². The number of anilines is 1. The van der Waals surface area contributed by atoms with Crippen LogP contribution in [-0.4, -0.2) is 38.8 Å². The van der Waals surface area contributed by atoms with Gasteiger partial charge in [-0.1, -0.05) is 6.07 Å². The molecule has 0 aliphatic carbocycles. The van der Waals surface area contributed by atoms with Gasteiger partial charge in [-0.15, -0.1) is 0 Å². The molecule has 0 saturated carbocycles. The summed E-state index contributed by atoms with van der Waals surface area (Å²) in [5.74, 6) is 0.888. The monoisotopic (exact) mass is 262 g/mol. The van der Waals surface area contributed by atoms with E-state index in [4.69, 9.17) is 10.00 Å². The molecule has 5 nitrogen and oxygen atoms in total. The van der Waals surface area contributed by atoms with Gasteiger partial charge in [0.05, 0.1) is 19.1 Å². The number of nitrogens with one attached hydrogen (secondary N) is 1.